The topological polar surface area (TPSA) is 138 Å². The molecule has 0 bridgehead atoms. The molecule has 24 heavy (non-hydrogen) atoms. The molecule has 10 heteroatoms. The molecule has 10 nitrogen and oxygen atoms in total. The van der Waals surface area contributed by atoms with E-state index in [1.165, 1.54) is 0 Å². The Bertz CT molecular complexity index is 342. The Kier molecular flexibility index (Phi) is 16.3. The predicted molar refractivity (Wildman–Crippen MR) is 84.2 cm³/mol. The van der Waals surface area contributed by atoms with Crippen molar-refractivity contribution in [1.82, 2.24) is 10.6 Å². The van der Waals surface area contributed by atoms with Crippen LogP contribution in [0.4, 0.5) is 0 Å². The van der Waals surface area contributed by atoms with E-state index in [-0.39, 0.29) is 25.5 Å². The van der Waals surface area contributed by atoms with Gasteiger partial charge in [0.05, 0.1) is 46.2 Å². The summed E-state index contributed by atoms with van der Waals surface area (Å²) in [4.78, 5) is 31.8. The van der Waals surface area contributed by atoms with Crippen molar-refractivity contribution in [2.75, 3.05) is 65.9 Å². The highest BCUT2D eigenvalue weighted by molar-refractivity contribution is 5.75. The first kappa shape index (κ1) is 22.2. The van der Waals surface area contributed by atoms with Gasteiger partial charge in [0.25, 0.3) is 0 Å². The molecule has 4 N–H and O–H groups in total. The third kappa shape index (κ3) is 18.3. The SMILES string of the molecule is NC(=O)COCCOCCNC(=O)CCOCCOCCNC=O. The maximum absolute atomic E-state index is 11.5. The lowest BCUT2D eigenvalue weighted by Gasteiger charge is -2.07. The minimum Gasteiger partial charge on any atom is -0.379 e. The zero-order valence-electron chi connectivity index (χ0n) is 13.8. The largest absolute Gasteiger partial charge is 0.379 e. The molecule has 0 fully saturated rings. The molecule has 0 aliphatic rings. The Morgan fingerprint density at radius 2 is 1.42 bits per heavy atom. The fraction of sp³-hybridized carbons (Fsp3) is 0.786. The van der Waals surface area contributed by atoms with E-state index in [1.807, 2.05) is 0 Å². The Morgan fingerprint density at radius 3 is 2.04 bits per heavy atom. The Morgan fingerprint density at radius 1 is 0.833 bits per heavy atom. The number of amides is 3. The number of rotatable bonds is 18. The summed E-state index contributed by atoms with van der Waals surface area (Å²) in [6.45, 7) is 3.23. The molecule has 3 amide bonds. The molecular weight excluding hydrogens is 322 g/mol. The van der Waals surface area contributed by atoms with Crippen molar-refractivity contribution < 1.29 is 33.3 Å². The second-order valence-electron chi connectivity index (χ2n) is 4.53. The highest BCUT2D eigenvalue weighted by Gasteiger charge is 2.01. The number of carbonyl (C=O) groups is 3. The lowest BCUT2D eigenvalue weighted by Crippen LogP contribution is -2.28. The third-order valence-electron chi connectivity index (χ3n) is 2.50. The molecule has 0 aromatic rings. The number of nitrogens with two attached hydrogens (primary N) is 1. The van der Waals surface area contributed by atoms with Gasteiger partial charge in [0, 0.05) is 19.5 Å². The molecule has 0 spiro atoms. The van der Waals surface area contributed by atoms with E-state index in [0.717, 1.165) is 0 Å². The van der Waals surface area contributed by atoms with E-state index in [9.17, 15) is 14.4 Å². The van der Waals surface area contributed by atoms with E-state index in [1.54, 1.807) is 0 Å². The van der Waals surface area contributed by atoms with Gasteiger partial charge in [-0.2, -0.15) is 0 Å². The average molecular weight is 349 g/mol. The number of carbonyl (C=O) groups excluding carboxylic acids is 3. The first-order valence-electron chi connectivity index (χ1n) is 7.69. The van der Waals surface area contributed by atoms with Crippen molar-refractivity contribution >= 4 is 18.2 Å². The van der Waals surface area contributed by atoms with Crippen molar-refractivity contribution in [3.63, 3.8) is 0 Å². The van der Waals surface area contributed by atoms with Gasteiger partial charge in [-0.3, -0.25) is 14.4 Å². The zero-order chi connectivity index (χ0) is 17.9. The van der Waals surface area contributed by atoms with Crippen molar-refractivity contribution in [3.8, 4) is 0 Å². The van der Waals surface area contributed by atoms with Crippen molar-refractivity contribution in [3.05, 3.63) is 0 Å². The fourth-order valence-corrected chi connectivity index (χ4v) is 1.42. The van der Waals surface area contributed by atoms with Crippen LogP contribution >= 0.6 is 0 Å². The normalized spacial score (nSPS) is 10.3. The van der Waals surface area contributed by atoms with E-state index >= 15 is 0 Å². The molecule has 0 rings (SSSR count). The molecule has 0 aromatic heterocycles. The summed E-state index contributed by atoms with van der Waals surface area (Å²) in [7, 11) is 0. The number of hydrogen-bond donors (Lipinski definition) is 3. The summed E-state index contributed by atoms with van der Waals surface area (Å²) in [6, 6.07) is 0. The van der Waals surface area contributed by atoms with Crippen molar-refractivity contribution in [2.45, 2.75) is 6.42 Å². The number of primary amides is 1. The van der Waals surface area contributed by atoms with Gasteiger partial charge < -0.3 is 35.3 Å². The van der Waals surface area contributed by atoms with Gasteiger partial charge in [-0.25, -0.2) is 0 Å². The summed E-state index contributed by atoms with van der Waals surface area (Å²) in [6.07, 6.45) is 0.871. The standard InChI is InChI=1S/C14H27N3O7/c15-13(19)11-24-10-9-23-6-3-17-14(20)1-4-21-7-8-22-5-2-16-12-18/h12H,1-11H2,(H2,15,19)(H,16,18)(H,17,20). The van der Waals surface area contributed by atoms with Gasteiger partial charge in [-0.05, 0) is 0 Å². The molecule has 0 aromatic carbocycles. The smallest absolute Gasteiger partial charge is 0.243 e. The lowest BCUT2D eigenvalue weighted by molar-refractivity contribution is -0.124. The van der Waals surface area contributed by atoms with Gasteiger partial charge in [-0.15, -0.1) is 0 Å². The maximum Gasteiger partial charge on any atom is 0.243 e. The molecule has 0 saturated carbocycles. The summed E-state index contributed by atoms with van der Waals surface area (Å²) >= 11 is 0. The average Bonchev–Trinajstić information content (AvgIpc) is 2.55. The first-order valence-corrected chi connectivity index (χ1v) is 7.69. The molecule has 0 unspecified atom stereocenters. The van der Waals surface area contributed by atoms with Crippen LogP contribution in [0, 0.1) is 0 Å². The monoisotopic (exact) mass is 349 g/mol. The van der Waals surface area contributed by atoms with Crippen LogP contribution < -0.4 is 16.4 Å². The Labute approximate surface area is 141 Å². The molecule has 0 atom stereocenters. The molecule has 0 aliphatic carbocycles. The summed E-state index contributed by atoms with van der Waals surface area (Å²) < 4.78 is 20.5. The van der Waals surface area contributed by atoms with E-state index in [4.69, 9.17) is 24.7 Å². The third-order valence-corrected chi connectivity index (χ3v) is 2.50. The van der Waals surface area contributed by atoms with Crippen LogP contribution in [0.25, 0.3) is 0 Å². The highest BCUT2D eigenvalue weighted by atomic mass is 16.5. The van der Waals surface area contributed by atoms with Crippen LogP contribution in [0.2, 0.25) is 0 Å². The van der Waals surface area contributed by atoms with Crippen molar-refractivity contribution in [2.24, 2.45) is 5.73 Å². The Balaban J connectivity index is 3.18. The molecule has 0 saturated heterocycles. The lowest BCUT2D eigenvalue weighted by atomic mass is 10.4. The van der Waals surface area contributed by atoms with Gasteiger partial charge in [-0.1, -0.05) is 0 Å². The number of ether oxygens (including phenoxy) is 4. The van der Waals surface area contributed by atoms with Gasteiger partial charge in [0.15, 0.2) is 0 Å². The number of hydrogen-bond acceptors (Lipinski definition) is 7. The predicted octanol–water partition coefficient (Wildman–Crippen LogP) is -2.21. The van der Waals surface area contributed by atoms with Crippen LogP contribution in [0.1, 0.15) is 6.42 Å². The Hall–Kier alpha value is -1.75. The first-order chi connectivity index (χ1) is 11.7. The van der Waals surface area contributed by atoms with Crippen LogP contribution in [0.15, 0.2) is 0 Å². The van der Waals surface area contributed by atoms with E-state index in [0.29, 0.717) is 59.1 Å². The highest BCUT2D eigenvalue weighted by Crippen LogP contribution is 1.85. The quantitative estimate of drug-likeness (QED) is 0.188. The summed E-state index contributed by atoms with van der Waals surface area (Å²) in [5.41, 5.74) is 4.90. The second kappa shape index (κ2) is 17.6. The minimum absolute atomic E-state index is 0.124. The van der Waals surface area contributed by atoms with E-state index in [2.05, 4.69) is 10.6 Å². The van der Waals surface area contributed by atoms with Gasteiger partial charge >= 0.3 is 0 Å². The molecule has 140 valence electrons. The maximum atomic E-state index is 11.5. The summed E-state index contributed by atoms with van der Waals surface area (Å²) in [5, 5.41) is 5.16. The van der Waals surface area contributed by atoms with Crippen LogP contribution in [-0.4, -0.2) is 84.2 Å². The minimum atomic E-state index is -0.522. The fourth-order valence-electron chi connectivity index (χ4n) is 1.42. The zero-order valence-corrected chi connectivity index (χ0v) is 13.8. The van der Waals surface area contributed by atoms with E-state index < -0.39 is 5.91 Å². The molecule has 0 aliphatic heterocycles. The van der Waals surface area contributed by atoms with Crippen LogP contribution in [0.3, 0.4) is 0 Å². The van der Waals surface area contributed by atoms with Crippen molar-refractivity contribution in [1.29, 1.82) is 0 Å². The molecule has 0 radical (unpaired) electrons. The van der Waals surface area contributed by atoms with Crippen LogP contribution in [0.5, 0.6) is 0 Å². The summed E-state index contributed by atoms with van der Waals surface area (Å²) in [5.74, 6) is -0.648. The second-order valence-corrected chi connectivity index (χ2v) is 4.53. The van der Waals surface area contributed by atoms with Gasteiger partial charge in [0.2, 0.25) is 18.2 Å². The van der Waals surface area contributed by atoms with Gasteiger partial charge in [0.1, 0.15) is 6.61 Å². The van der Waals surface area contributed by atoms with Crippen LogP contribution in [-0.2, 0) is 33.3 Å². The molecule has 0 heterocycles. The molecular formula is C14H27N3O7. The number of nitrogens with one attached hydrogen (secondary N) is 2.